The van der Waals surface area contributed by atoms with Gasteiger partial charge in [-0.05, 0) is 49.8 Å². The van der Waals surface area contributed by atoms with E-state index >= 15 is 0 Å². The molecule has 0 unspecified atom stereocenters. The predicted molar refractivity (Wildman–Crippen MR) is 74.4 cm³/mol. The van der Waals surface area contributed by atoms with Crippen molar-refractivity contribution in [2.24, 2.45) is 5.92 Å². The van der Waals surface area contributed by atoms with E-state index in [0.29, 0.717) is 5.41 Å². The minimum Gasteiger partial charge on any atom is -0.316 e. The lowest BCUT2D eigenvalue weighted by Gasteiger charge is -2.48. The molecule has 0 saturated heterocycles. The minimum absolute atomic E-state index is 0.417. The molecule has 0 spiro atoms. The van der Waals surface area contributed by atoms with E-state index in [2.05, 4.69) is 50.4 Å². The van der Waals surface area contributed by atoms with Crippen molar-refractivity contribution in [2.75, 3.05) is 13.1 Å². The standard InChI is InChI=1S/C16H25N/c1-4-9-17-12-16(10-13(2)11-16)15-8-6-5-7-14(15)3/h5-8,13,17H,4,9-12H2,1-3H3. The molecule has 1 saturated carbocycles. The lowest BCUT2D eigenvalue weighted by molar-refractivity contribution is 0.152. The SMILES string of the molecule is CCCNCC1(c2ccccc2C)CC(C)C1. The van der Waals surface area contributed by atoms with E-state index in [1.165, 1.54) is 24.8 Å². The summed E-state index contributed by atoms with van der Waals surface area (Å²) in [6.07, 6.45) is 3.91. The molecular weight excluding hydrogens is 206 g/mol. The highest BCUT2D eigenvalue weighted by Crippen LogP contribution is 2.48. The second-order valence-corrected chi connectivity index (χ2v) is 5.79. The van der Waals surface area contributed by atoms with Crippen LogP contribution in [0.25, 0.3) is 0 Å². The van der Waals surface area contributed by atoms with Crippen molar-refractivity contribution in [1.29, 1.82) is 0 Å². The summed E-state index contributed by atoms with van der Waals surface area (Å²) >= 11 is 0. The van der Waals surface area contributed by atoms with E-state index in [0.717, 1.165) is 19.0 Å². The van der Waals surface area contributed by atoms with Gasteiger partial charge in [-0.25, -0.2) is 0 Å². The van der Waals surface area contributed by atoms with Crippen LogP contribution >= 0.6 is 0 Å². The summed E-state index contributed by atoms with van der Waals surface area (Å²) in [4.78, 5) is 0. The van der Waals surface area contributed by atoms with Crippen LogP contribution in [0.4, 0.5) is 0 Å². The fraction of sp³-hybridized carbons (Fsp3) is 0.625. The number of rotatable bonds is 5. The molecule has 1 fully saturated rings. The van der Waals surface area contributed by atoms with Gasteiger partial charge in [0.05, 0.1) is 0 Å². The highest BCUT2D eigenvalue weighted by atomic mass is 14.9. The first-order chi connectivity index (χ1) is 8.18. The second kappa shape index (κ2) is 5.22. The van der Waals surface area contributed by atoms with Crippen molar-refractivity contribution in [3.05, 3.63) is 35.4 Å². The van der Waals surface area contributed by atoms with Crippen LogP contribution in [0.15, 0.2) is 24.3 Å². The van der Waals surface area contributed by atoms with Crippen molar-refractivity contribution in [2.45, 2.75) is 45.4 Å². The molecule has 1 N–H and O–H groups in total. The third-order valence-electron chi connectivity index (χ3n) is 4.08. The topological polar surface area (TPSA) is 12.0 Å². The molecule has 1 aromatic rings. The largest absolute Gasteiger partial charge is 0.316 e. The molecular formula is C16H25N. The molecule has 0 aliphatic heterocycles. The summed E-state index contributed by atoms with van der Waals surface area (Å²) < 4.78 is 0. The van der Waals surface area contributed by atoms with Gasteiger partial charge in [0.1, 0.15) is 0 Å². The molecule has 0 aromatic heterocycles. The summed E-state index contributed by atoms with van der Waals surface area (Å²) in [5.41, 5.74) is 3.44. The molecule has 0 bridgehead atoms. The quantitative estimate of drug-likeness (QED) is 0.763. The summed E-state index contributed by atoms with van der Waals surface area (Å²) in [5, 5.41) is 3.62. The number of benzene rings is 1. The fourth-order valence-electron chi connectivity index (χ4n) is 3.41. The van der Waals surface area contributed by atoms with E-state index in [-0.39, 0.29) is 0 Å². The van der Waals surface area contributed by atoms with Gasteiger partial charge in [0, 0.05) is 12.0 Å². The van der Waals surface area contributed by atoms with Gasteiger partial charge in [0.2, 0.25) is 0 Å². The van der Waals surface area contributed by atoms with Crippen LogP contribution in [0.3, 0.4) is 0 Å². The molecule has 94 valence electrons. The highest BCUT2D eigenvalue weighted by molar-refractivity contribution is 5.36. The zero-order valence-corrected chi connectivity index (χ0v) is 11.4. The maximum absolute atomic E-state index is 3.62. The molecule has 1 aliphatic rings. The molecule has 0 amide bonds. The van der Waals surface area contributed by atoms with E-state index in [1.54, 1.807) is 5.56 Å². The molecule has 1 heteroatoms. The van der Waals surface area contributed by atoms with Gasteiger partial charge in [-0.1, -0.05) is 38.1 Å². The van der Waals surface area contributed by atoms with E-state index in [4.69, 9.17) is 0 Å². The lowest BCUT2D eigenvalue weighted by Crippen LogP contribution is -2.48. The smallest absolute Gasteiger partial charge is 0.00854 e. The van der Waals surface area contributed by atoms with Crippen molar-refractivity contribution in [1.82, 2.24) is 5.32 Å². The summed E-state index contributed by atoms with van der Waals surface area (Å²) in [7, 11) is 0. The third kappa shape index (κ3) is 2.55. The molecule has 1 nitrogen and oxygen atoms in total. The molecule has 0 radical (unpaired) electrons. The summed E-state index contributed by atoms with van der Waals surface area (Å²) in [6.45, 7) is 9.14. The summed E-state index contributed by atoms with van der Waals surface area (Å²) in [6, 6.07) is 8.91. The van der Waals surface area contributed by atoms with Gasteiger partial charge in [-0.2, -0.15) is 0 Å². The molecule has 1 aliphatic carbocycles. The first-order valence-electron chi connectivity index (χ1n) is 6.95. The van der Waals surface area contributed by atoms with Gasteiger partial charge in [-0.3, -0.25) is 0 Å². The van der Waals surface area contributed by atoms with Crippen molar-refractivity contribution >= 4 is 0 Å². The van der Waals surface area contributed by atoms with Crippen LogP contribution in [0.2, 0.25) is 0 Å². The Balaban J connectivity index is 2.14. The van der Waals surface area contributed by atoms with Crippen molar-refractivity contribution < 1.29 is 0 Å². The minimum atomic E-state index is 0.417. The van der Waals surface area contributed by atoms with E-state index in [1.807, 2.05) is 0 Å². The van der Waals surface area contributed by atoms with E-state index < -0.39 is 0 Å². The molecule has 1 aromatic carbocycles. The number of hydrogen-bond donors (Lipinski definition) is 1. The molecule has 2 rings (SSSR count). The molecule has 0 atom stereocenters. The monoisotopic (exact) mass is 231 g/mol. The predicted octanol–water partition coefficient (Wildman–Crippen LogP) is 3.66. The number of aryl methyl sites for hydroxylation is 1. The second-order valence-electron chi connectivity index (χ2n) is 5.79. The Labute approximate surface area is 106 Å². The molecule has 17 heavy (non-hydrogen) atoms. The van der Waals surface area contributed by atoms with Gasteiger partial charge in [0.25, 0.3) is 0 Å². The normalized spacial score (nSPS) is 27.8. The van der Waals surface area contributed by atoms with Crippen LogP contribution in [0.5, 0.6) is 0 Å². The molecule has 0 heterocycles. The Kier molecular flexibility index (Phi) is 3.88. The maximum atomic E-state index is 3.62. The first kappa shape index (κ1) is 12.6. The van der Waals surface area contributed by atoms with Gasteiger partial charge >= 0.3 is 0 Å². The van der Waals surface area contributed by atoms with Gasteiger partial charge < -0.3 is 5.32 Å². The highest BCUT2D eigenvalue weighted by Gasteiger charge is 2.43. The number of nitrogens with one attached hydrogen (secondary N) is 1. The fourth-order valence-corrected chi connectivity index (χ4v) is 3.41. The summed E-state index contributed by atoms with van der Waals surface area (Å²) in [5.74, 6) is 0.887. The van der Waals surface area contributed by atoms with Gasteiger partial charge in [0.15, 0.2) is 0 Å². The van der Waals surface area contributed by atoms with E-state index in [9.17, 15) is 0 Å². The third-order valence-corrected chi connectivity index (χ3v) is 4.08. The van der Waals surface area contributed by atoms with Crippen LogP contribution < -0.4 is 5.32 Å². The van der Waals surface area contributed by atoms with Crippen molar-refractivity contribution in [3.63, 3.8) is 0 Å². The Hall–Kier alpha value is -0.820. The van der Waals surface area contributed by atoms with Crippen LogP contribution in [-0.2, 0) is 5.41 Å². The Bertz CT molecular complexity index is 364. The number of hydrogen-bond acceptors (Lipinski definition) is 1. The van der Waals surface area contributed by atoms with Crippen LogP contribution in [-0.4, -0.2) is 13.1 Å². The van der Waals surface area contributed by atoms with Crippen LogP contribution in [0, 0.1) is 12.8 Å². The maximum Gasteiger partial charge on any atom is 0.00854 e. The lowest BCUT2D eigenvalue weighted by atomic mass is 9.58. The zero-order valence-electron chi connectivity index (χ0n) is 11.4. The van der Waals surface area contributed by atoms with Gasteiger partial charge in [-0.15, -0.1) is 0 Å². The Morgan fingerprint density at radius 2 is 2.00 bits per heavy atom. The average Bonchev–Trinajstić information content (AvgIpc) is 2.27. The Morgan fingerprint density at radius 3 is 2.59 bits per heavy atom. The zero-order chi connectivity index (χ0) is 12.3. The first-order valence-corrected chi connectivity index (χ1v) is 6.95. The average molecular weight is 231 g/mol. The van der Waals surface area contributed by atoms with Crippen LogP contribution in [0.1, 0.15) is 44.2 Å². The van der Waals surface area contributed by atoms with Crippen molar-refractivity contribution in [3.8, 4) is 0 Å². The Morgan fingerprint density at radius 1 is 1.29 bits per heavy atom.